The van der Waals surface area contributed by atoms with Crippen molar-refractivity contribution in [1.29, 1.82) is 0 Å². The van der Waals surface area contributed by atoms with Gasteiger partial charge >= 0.3 is 0 Å². The third kappa shape index (κ3) is 4.04. The third-order valence-corrected chi connectivity index (χ3v) is 4.34. The van der Waals surface area contributed by atoms with Crippen LogP contribution in [0.4, 0.5) is 0 Å². The first-order valence-electron chi connectivity index (χ1n) is 6.65. The molecule has 0 unspecified atom stereocenters. The first-order valence-corrected chi connectivity index (χ1v) is 7.47. The van der Waals surface area contributed by atoms with Gasteiger partial charge in [-0.05, 0) is 32.7 Å². The molecule has 1 N–H and O–H groups in total. The highest BCUT2D eigenvalue weighted by Crippen LogP contribution is 2.31. The number of hydrogen-bond donors (Lipinski definition) is 1. The second-order valence-electron chi connectivity index (χ2n) is 5.48. The van der Waals surface area contributed by atoms with Crippen LogP contribution in [0.5, 0.6) is 0 Å². The predicted octanol–water partition coefficient (Wildman–Crippen LogP) is 3.33. The van der Waals surface area contributed by atoms with Crippen molar-refractivity contribution in [3.63, 3.8) is 0 Å². The number of rotatable bonds is 7. The Morgan fingerprint density at radius 1 is 1.39 bits per heavy atom. The Bertz CT molecular complexity index is 372. The maximum Gasteiger partial charge on any atom is 0.125 e. The van der Waals surface area contributed by atoms with E-state index in [4.69, 9.17) is 9.72 Å². The molecular weight excluding hydrogens is 244 g/mol. The molecule has 0 bridgehead atoms. The maximum absolute atomic E-state index is 5.53. The van der Waals surface area contributed by atoms with Crippen LogP contribution in [0.3, 0.4) is 0 Å². The van der Waals surface area contributed by atoms with Gasteiger partial charge < -0.3 is 10.1 Å². The Morgan fingerprint density at radius 3 is 2.56 bits per heavy atom. The Morgan fingerprint density at radius 2 is 2.06 bits per heavy atom. The minimum Gasteiger partial charge on any atom is -0.372 e. The van der Waals surface area contributed by atoms with E-state index in [-0.39, 0.29) is 5.60 Å². The van der Waals surface area contributed by atoms with E-state index in [0.717, 1.165) is 24.5 Å². The van der Waals surface area contributed by atoms with Crippen LogP contribution in [-0.4, -0.2) is 18.6 Å². The fourth-order valence-corrected chi connectivity index (χ4v) is 2.79. The summed E-state index contributed by atoms with van der Waals surface area (Å²) in [5.74, 6) is 0.631. The second kappa shape index (κ2) is 6.64. The summed E-state index contributed by atoms with van der Waals surface area (Å²) < 4.78 is 5.53. The van der Waals surface area contributed by atoms with Gasteiger partial charge in [0.05, 0.1) is 5.69 Å². The van der Waals surface area contributed by atoms with E-state index < -0.39 is 0 Å². The van der Waals surface area contributed by atoms with Crippen LogP contribution in [0.1, 0.15) is 50.2 Å². The monoisotopic (exact) mass is 270 g/mol. The van der Waals surface area contributed by atoms with Crippen molar-refractivity contribution in [2.24, 2.45) is 5.92 Å². The molecule has 0 aliphatic carbocycles. The minimum absolute atomic E-state index is 0.291. The van der Waals surface area contributed by atoms with Gasteiger partial charge in [-0.25, -0.2) is 4.98 Å². The SMILES string of the molecule is CCNCc1sc(C(C)(C)OC)nc1CC(C)C. The van der Waals surface area contributed by atoms with Gasteiger partial charge in [-0.15, -0.1) is 11.3 Å². The minimum atomic E-state index is -0.291. The van der Waals surface area contributed by atoms with Crippen LogP contribution < -0.4 is 5.32 Å². The molecule has 0 aliphatic rings. The van der Waals surface area contributed by atoms with Crippen LogP contribution in [-0.2, 0) is 23.3 Å². The highest BCUT2D eigenvalue weighted by Gasteiger charge is 2.25. The number of hydrogen-bond acceptors (Lipinski definition) is 4. The molecule has 104 valence electrons. The van der Waals surface area contributed by atoms with Crippen LogP contribution in [0, 0.1) is 5.92 Å². The zero-order valence-corrected chi connectivity index (χ0v) is 13.3. The number of nitrogens with one attached hydrogen (secondary N) is 1. The summed E-state index contributed by atoms with van der Waals surface area (Å²) in [6, 6.07) is 0. The highest BCUT2D eigenvalue weighted by atomic mass is 32.1. The molecule has 0 atom stereocenters. The van der Waals surface area contributed by atoms with Crippen LogP contribution in [0.25, 0.3) is 0 Å². The summed E-state index contributed by atoms with van der Waals surface area (Å²) in [5.41, 5.74) is 0.942. The molecular formula is C14H26N2OS. The first kappa shape index (κ1) is 15.6. The average Bonchev–Trinajstić information content (AvgIpc) is 2.69. The van der Waals surface area contributed by atoms with E-state index in [1.807, 2.05) is 0 Å². The molecule has 1 rings (SSSR count). The molecule has 0 aromatic carbocycles. The average molecular weight is 270 g/mol. The number of aromatic nitrogens is 1. The highest BCUT2D eigenvalue weighted by molar-refractivity contribution is 7.11. The third-order valence-electron chi connectivity index (χ3n) is 2.94. The van der Waals surface area contributed by atoms with Gasteiger partial charge in [0, 0.05) is 18.5 Å². The standard InChI is InChI=1S/C14H26N2OS/c1-7-15-9-12-11(8-10(2)3)16-13(18-12)14(4,5)17-6/h10,15H,7-9H2,1-6H3. The Hall–Kier alpha value is -0.450. The summed E-state index contributed by atoms with van der Waals surface area (Å²) >= 11 is 1.77. The maximum atomic E-state index is 5.53. The molecule has 18 heavy (non-hydrogen) atoms. The van der Waals surface area contributed by atoms with E-state index in [1.54, 1.807) is 18.4 Å². The molecule has 0 aliphatic heterocycles. The summed E-state index contributed by atoms with van der Waals surface area (Å²) in [5, 5.41) is 4.47. The van der Waals surface area contributed by atoms with Gasteiger partial charge in [-0.1, -0.05) is 20.8 Å². The Balaban J connectivity index is 2.98. The summed E-state index contributed by atoms with van der Waals surface area (Å²) in [7, 11) is 1.74. The quantitative estimate of drug-likeness (QED) is 0.825. The van der Waals surface area contributed by atoms with Crippen molar-refractivity contribution < 1.29 is 4.74 Å². The molecule has 0 spiro atoms. The lowest BCUT2D eigenvalue weighted by Crippen LogP contribution is -2.19. The van der Waals surface area contributed by atoms with Crippen molar-refractivity contribution in [3.8, 4) is 0 Å². The molecule has 0 saturated carbocycles. The zero-order valence-electron chi connectivity index (χ0n) is 12.5. The first-order chi connectivity index (χ1) is 8.40. The summed E-state index contributed by atoms with van der Waals surface area (Å²) in [4.78, 5) is 6.15. The molecule has 0 amide bonds. The largest absolute Gasteiger partial charge is 0.372 e. The second-order valence-corrected chi connectivity index (χ2v) is 6.57. The van der Waals surface area contributed by atoms with E-state index in [9.17, 15) is 0 Å². The molecule has 0 radical (unpaired) electrons. The molecule has 0 fully saturated rings. The summed E-state index contributed by atoms with van der Waals surface area (Å²) in [6.45, 7) is 12.6. The van der Waals surface area contributed by atoms with Crippen molar-refractivity contribution in [1.82, 2.24) is 10.3 Å². The van der Waals surface area contributed by atoms with Crippen LogP contribution in [0.2, 0.25) is 0 Å². The number of nitrogens with zero attached hydrogens (tertiary/aromatic N) is 1. The van der Waals surface area contributed by atoms with Crippen LogP contribution in [0.15, 0.2) is 0 Å². The fourth-order valence-electron chi connectivity index (χ4n) is 1.65. The van der Waals surface area contributed by atoms with E-state index in [0.29, 0.717) is 5.92 Å². The normalized spacial score (nSPS) is 12.4. The lowest BCUT2D eigenvalue weighted by Gasteiger charge is -2.19. The van der Waals surface area contributed by atoms with Gasteiger partial charge in [0.2, 0.25) is 0 Å². The van der Waals surface area contributed by atoms with Gasteiger partial charge in [0.25, 0.3) is 0 Å². The van der Waals surface area contributed by atoms with Crippen molar-refractivity contribution >= 4 is 11.3 Å². The van der Waals surface area contributed by atoms with E-state index in [1.165, 1.54) is 10.6 Å². The fraction of sp³-hybridized carbons (Fsp3) is 0.786. The molecule has 4 heteroatoms. The number of ether oxygens (including phenoxy) is 1. The lowest BCUT2D eigenvalue weighted by atomic mass is 10.1. The lowest BCUT2D eigenvalue weighted by molar-refractivity contribution is 0.0189. The smallest absolute Gasteiger partial charge is 0.125 e. The van der Waals surface area contributed by atoms with Gasteiger partial charge in [0.15, 0.2) is 0 Å². The predicted molar refractivity (Wildman–Crippen MR) is 78.1 cm³/mol. The molecule has 1 aromatic heterocycles. The van der Waals surface area contributed by atoms with E-state index in [2.05, 4.69) is 39.9 Å². The van der Waals surface area contributed by atoms with Gasteiger partial charge in [-0.3, -0.25) is 0 Å². The summed E-state index contributed by atoms with van der Waals surface area (Å²) in [6.07, 6.45) is 1.04. The number of methoxy groups -OCH3 is 1. The van der Waals surface area contributed by atoms with Gasteiger partial charge in [0.1, 0.15) is 10.6 Å². The van der Waals surface area contributed by atoms with Gasteiger partial charge in [-0.2, -0.15) is 0 Å². The molecule has 0 saturated heterocycles. The zero-order chi connectivity index (χ0) is 13.8. The number of thiazole rings is 1. The molecule has 1 aromatic rings. The van der Waals surface area contributed by atoms with E-state index >= 15 is 0 Å². The molecule has 3 nitrogen and oxygen atoms in total. The van der Waals surface area contributed by atoms with Crippen molar-refractivity contribution in [2.45, 2.75) is 53.2 Å². The Labute approximate surface area is 115 Å². The van der Waals surface area contributed by atoms with Crippen molar-refractivity contribution in [2.75, 3.05) is 13.7 Å². The topological polar surface area (TPSA) is 34.1 Å². The van der Waals surface area contributed by atoms with Crippen LogP contribution >= 0.6 is 11.3 Å². The van der Waals surface area contributed by atoms with Crippen molar-refractivity contribution in [3.05, 3.63) is 15.6 Å². The molecule has 1 heterocycles. The Kier molecular flexibility index (Phi) is 5.76.